The van der Waals surface area contributed by atoms with Gasteiger partial charge in [0.2, 0.25) is 0 Å². The summed E-state index contributed by atoms with van der Waals surface area (Å²) in [5, 5.41) is 19.5. The van der Waals surface area contributed by atoms with Crippen LogP contribution in [0.1, 0.15) is 11.1 Å². The van der Waals surface area contributed by atoms with Crippen molar-refractivity contribution in [3.8, 4) is 5.75 Å². The lowest BCUT2D eigenvalue weighted by molar-refractivity contribution is 0.318. The summed E-state index contributed by atoms with van der Waals surface area (Å²) in [4.78, 5) is 0. The highest BCUT2D eigenvalue weighted by atomic mass is 32.2. The minimum Gasteiger partial charge on any atom is -0.496 e. The summed E-state index contributed by atoms with van der Waals surface area (Å²) >= 11 is 3.08. The minimum absolute atomic E-state index is 0.0274. The predicted octanol–water partition coefficient (Wildman–Crippen LogP) is 1.93. The highest BCUT2D eigenvalue weighted by Gasteiger charge is 2.09. The van der Waals surface area contributed by atoms with Crippen LogP contribution in [-0.4, -0.2) is 28.4 Å². The largest absolute Gasteiger partial charge is 0.496 e. The number of hydrogen-bond donors (Lipinski definition) is 2. The molecule has 2 aromatic rings. The molecule has 100 valence electrons. The van der Waals surface area contributed by atoms with Crippen molar-refractivity contribution in [2.24, 2.45) is 10.9 Å². The van der Waals surface area contributed by atoms with Crippen molar-refractivity contribution >= 4 is 28.9 Å². The number of oxime groups is 1. The SMILES string of the molecule is COc1ccc(CSc2nncs2)cc1C(N)=NO. The molecule has 0 saturated heterocycles. The minimum atomic E-state index is 0.0274. The van der Waals surface area contributed by atoms with Gasteiger partial charge in [0.1, 0.15) is 11.3 Å². The van der Waals surface area contributed by atoms with Gasteiger partial charge in [0.05, 0.1) is 12.7 Å². The number of methoxy groups -OCH3 is 1. The number of aromatic nitrogens is 2. The Balaban J connectivity index is 2.18. The van der Waals surface area contributed by atoms with E-state index in [0.29, 0.717) is 11.3 Å². The van der Waals surface area contributed by atoms with Crippen LogP contribution in [0.25, 0.3) is 0 Å². The van der Waals surface area contributed by atoms with E-state index in [2.05, 4.69) is 15.4 Å². The number of hydrogen-bond acceptors (Lipinski definition) is 7. The number of rotatable bonds is 5. The Morgan fingerprint density at radius 2 is 2.42 bits per heavy atom. The highest BCUT2D eigenvalue weighted by molar-refractivity contribution is 8.00. The van der Waals surface area contributed by atoms with Crippen LogP contribution < -0.4 is 10.5 Å². The summed E-state index contributed by atoms with van der Waals surface area (Å²) in [6, 6.07) is 5.56. The zero-order valence-corrected chi connectivity index (χ0v) is 11.7. The fourth-order valence-corrected chi connectivity index (χ4v) is 2.90. The van der Waals surface area contributed by atoms with Gasteiger partial charge in [-0.3, -0.25) is 0 Å². The summed E-state index contributed by atoms with van der Waals surface area (Å²) in [6.45, 7) is 0. The molecule has 19 heavy (non-hydrogen) atoms. The zero-order chi connectivity index (χ0) is 13.7. The third-order valence-corrected chi connectivity index (χ3v) is 4.28. The number of thioether (sulfide) groups is 1. The van der Waals surface area contributed by atoms with Crippen molar-refractivity contribution in [2.45, 2.75) is 10.1 Å². The Morgan fingerprint density at radius 1 is 1.58 bits per heavy atom. The third kappa shape index (κ3) is 3.36. The molecule has 1 aromatic carbocycles. The highest BCUT2D eigenvalue weighted by Crippen LogP contribution is 2.26. The van der Waals surface area contributed by atoms with Crippen LogP contribution in [0, 0.1) is 0 Å². The van der Waals surface area contributed by atoms with E-state index in [9.17, 15) is 0 Å². The van der Waals surface area contributed by atoms with E-state index in [1.807, 2.05) is 12.1 Å². The maximum Gasteiger partial charge on any atom is 0.174 e. The molecule has 0 atom stereocenters. The molecule has 0 aliphatic heterocycles. The lowest BCUT2D eigenvalue weighted by Gasteiger charge is -2.09. The maximum absolute atomic E-state index is 8.76. The Morgan fingerprint density at radius 3 is 3.05 bits per heavy atom. The van der Waals surface area contributed by atoms with E-state index in [1.165, 1.54) is 11.3 Å². The smallest absolute Gasteiger partial charge is 0.174 e. The van der Waals surface area contributed by atoms with Crippen molar-refractivity contribution in [1.82, 2.24) is 10.2 Å². The Kier molecular flexibility index (Phi) is 4.58. The van der Waals surface area contributed by atoms with Crippen molar-refractivity contribution in [3.05, 3.63) is 34.8 Å². The van der Waals surface area contributed by atoms with E-state index in [0.717, 1.165) is 15.7 Å². The molecule has 1 aromatic heterocycles. The fraction of sp³-hybridized carbons (Fsp3) is 0.182. The number of amidine groups is 1. The number of benzene rings is 1. The molecule has 1 heterocycles. The van der Waals surface area contributed by atoms with Gasteiger partial charge in [-0.1, -0.05) is 34.3 Å². The van der Waals surface area contributed by atoms with Gasteiger partial charge in [-0.25, -0.2) is 0 Å². The van der Waals surface area contributed by atoms with E-state index >= 15 is 0 Å². The Hall–Kier alpha value is -1.80. The van der Waals surface area contributed by atoms with Gasteiger partial charge in [0.15, 0.2) is 10.2 Å². The zero-order valence-electron chi connectivity index (χ0n) is 10.1. The van der Waals surface area contributed by atoms with Gasteiger partial charge in [-0.05, 0) is 17.7 Å². The van der Waals surface area contributed by atoms with Gasteiger partial charge >= 0.3 is 0 Å². The molecule has 0 spiro atoms. The molecule has 0 unspecified atom stereocenters. The molecule has 3 N–H and O–H groups in total. The average Bonchev–Trinajstić information content (AvgIpc) is 2.97. The predicted molar refractivity (Wildman–Crippen MR) is 75.0 cm³/mol. The molecule has 0 aliphatic carbocycles. The summed E-state index contributed by atoms with van der Waals surface area (Å²) in [6.07, 6.45) is 0. The topological polar surface area (TPSA) is 93.6 Å². The number of nitrogens with two attached hydrogens (primary N) is 1. The Bertz CT molecular complexity index is 572. The first-order valence-electron chi connectivity index (χ1n) is 5.28. The molecule has 6 nitrogen and oxygen atoms in total. The fourth-order valence-electron chi connectivity index (χ4n) is 1.47. The second kappa shape index (κ2) is 6.39. The van der Waals surface area contributed by atoms with E-state index < -0.39 is 0 Å². The van der Waals surface area contributed by atoms with Crippen LogP contribution in [0.3, 0.4) is 0 Å². The van der Waals surface area contributed by atoms with E-state index in [1.54, 1.807) is 30.4 Å². The molecule has 0 amide bonds. The first kappa shape index (κ1) is 13.6. The number of ether oxygens (including phenoxy) is 1. The van der Waals surface area contributed by atoms with Crippen LogP contribution >= 0.6 is 23.1 Å². The standard InChI is InChI=1S/C11H12N4O2S2/c1-17-9-3-2-7(4-8(9)10(12)15-16)5-18-11-14-13-6-19-11/h2-4,6,16H,5H2,1H3,(H2,12,15). The quantitative estimate of drug-likeness (QED) is 0.288. The maximum atomic E-state index is 8.76. The lowest BCUT2D eigenvalue weighted by Crippen LogP contribution is -2.14. The van der Waals surface area contributed by atoms with Crippen LogP contribution in [0.4, 0.5) is 0 Å². The molecule has 0 radical (unpaired) electrons. The molecular weight excluding hydrogens is 284 g/mol. The molecule has 8 heteroatoms. The molecule has 0 bridgehead atoms. The summed E-state index contributed by atoms with van der Waals surface area (Å²) < 4.78 is 6.08. The van der Waals surface area contributed by atoms with Crippen molar-refractivity contribution in [2.75, 3.05) is 7.11 Å². The lowest BCUT2D eigenvalue weighted by atomic mass is 10.1. The van der Waals surface area contributed by atoms with Crippen LogP contribution in [0.5, 0.6) is 5.75 Å². The molecule has 0 saturated carbocycles. The van der Waals surface area contributed by atoms with Gasteiger partial charge in [-0.2, -0.15) is 0 Å². The van der Waals surface area contributed by atoms with E-state index in [-0.39, 0.29) is 5.84 Å². The Labute approximate surface area is 118 Å². The summed E-state index contributed by atoms with van der Waals surface area (Å²) in [5.74, 6) is 1.32. The van der Waals surface area contributed by atoms with Crippen molar-refractivity contribution < 1.29 is 9.94 Å². The molecule has 2 rings (SSSR count). The third-order valence-electron chi connectivity index (χ3n) is 2.35. The second-order valence-corrected chi connectivity index (χ2v) is 5.57. The summed E-state index contributed by atoms with van der Waals surface area (Å²) in [5.41, 5.74) is 8.92. The first-order valence-corrected chi connectivity index (χ1v) is 7.15. The summed E-state index contributed by atoms with van der Waals surface area (Å²) in [7, 11) is 1.54. The van der Waals surface area contributed by atoms with Crippen LogP contribution in [0.2, 0.25) is 0 Å². The molecule has 0 fully saturated rings. The monoisotopic (exact) mass is 296 g/mol. The van der Waals surface area contributed by atoms with Gasteiger partial charge < -0.3 is 15.7 Å². The van der Waals surface area contributed by atoms with Gasteiger partial charge in [0, 0.05) is 5.75 Å². The normalized spacial score (nSPS) is 11.5. The van der Waals surface area contributed by atoms with E-state index in [4.69, 9.17) is 15.7 Å². The first-order chi connectivity index (χ1) is 9.24. The van der Waals surface area contributed by atoms with Gasteiger partial charge in [0.25, 0.3) is 0 Å². The molecule has 0 aliphatic rings. The van der Waals surface area contributed by atoms with Gasteiger partial charge in [-0.15, -0.1) is 10.2 Å². The van der Waals surface area contributed by atoms with Crippen LogP contribution in [0.15, 0.2) is 33.2 Å². The van der Waals surface area contributed by atoms with Crippen LogP contribution in [-0.2, 0) is 5.75 Å². The van der Waals surface area contributed by atoms with Crippen molar-refractivity contribution in [1.29, 1.82) is 0 Å². The molecular formula is C11H12N4O2S2. The number of nitrogens with zero attached hydrogens (tertiary/aromatic N) is 3. The average molecular weight is 296 g/mol. The van der Waals surface area contributed by atoms with Crippen molar-refractivity contribution in [3.63, 3.8) is 0 Å². The second-order valence-electron chi connectivity index (χ2n) is 3.51.